The molecular weight excluding hydrogens is 372 g/mol. The van der Waals surface area contributed by atoms with Gasteiger partial charge in [0.05, 0.1) is 5.56 Å². The lowest BCUT2D eigenvalue weighted by Crippen LogP contribution is -2.58. The van der Waals surface area contributed by atoms with Gasteiger partial charge in [-0.15, -0.1) is 0 Å². The van der Waals surface area contributed by atoms with Gasteiger partial charge in [-0.1, -0.05) is 6.07 Å². The van der Waals surface area contributed by atoms with Crippen molar-refractivity contribution in [2.45, 2.75) is 51.2 Å². The highest BCUT2D eigenvalue weighted by atomic mass is 16.5. The zero-order valence-electron chi connectivity index (χ0n) is 17.3. The number of methoxy groups -OCH3 is 1. The van der Waals surface area contributed by atoms with E-state index < -0.39 is 11.7 Å². The predicted octanol–water partition coefficient (Wildman–Crippen LogP) is 1.40. The molecule has 1 spiro atoms. The van der Waals surface area contributed by atoms with Crippen LogP contribution >= 0.6 is 0 Å². The number of aryl methyl sites for hydroxylation is 1. The molecule has 0 radical (unpaired) electrons. The summed E-state index contributed by atoms with van der Waals surface area (Å²) < 4.78 is 4.98. The Hall–Kier alpha value is -2.61. The molecule has 3 N–H and O–H groups in total. The van der Waals surface area contributed by atoms with E-state index in [2.05, 4.69) is 16.0 Å². The van der Waals surface area contributed by atoms with Crippen LogP contribution in [0.25, 0.3) is 0 Å². The Morgan fingerprint density at radius 1 is 1.31 bits per heavy atom. The monoisotopic (exact) mass is 402 g/mol. The Morgan fingerprint density at radius 2 is 2.10 bits per heavy atom. The Balaban J connectivity index is 1.68. The lowest BCUT2D eigenvalue weighted by atomic mass is 9.94. The number of nitrogens with one attached hydrogen (secondary N) is 3. The van der Waals surface area contributed by atoms with E-state index in [-0.39, 0.29) is 24.1 Å². The maximum atomic E-state index is 12.7. The number of carbonyl (C=O) groups is 3. The van der Waals surface area contributed by atoms with E-state index in [0.29, 0.717) is 38.1 Å². The molecule has 2 aliphatic rings. The van der Waals surface area contributed by atoms with Crippen LogP contribution in [-0.2, 0) is 14.3 Å². The van der Waals surface area contributed by atoms with Gasteiger partial charge in [0.15, 0.2) is 0 Å². The molecule has 0 bridgehead atoms. The highest BCUT2D eigenvalue weighted by Gasteiger charge is 2.41. The van der Waals surface area contributed by atoms with Gasteiger partial charge < -0.3 is 25.6 Å². The Labute approximate surface area is 171 Å². The van der Waals surface area contributed by atoms with Crippen LogP contribution < -0.4 is 16.0 Å². The minimum absolute atomic E-state index is 0.0764. The van der Waals surface area contributed by atoms with Crippen LogP contribution in [0.1, 0.15) is 48.5 Å². The number of hydrogen-bond acceptors (Lipinski definition) is 5. The van der Waals surface area contributed by atoms with Gasteiger partial charge in [-0.2, -0.15) is 0 Å². The van der Waals surface area contributed by atoms with E-state index in [1.54, 1.807) is 18.9 Å². The van der Waals surface area contributed by atoms with Gasteiger partial charge in [-0.3, -0.25) is 14.4 Å². The summed E-state index contributed by atoms with van der Waals surface area (Å²) in [7, 11) is 1.62. The van der Waals surface area contributed by atoms with Crippen LogP contribution in [0.5, 0.6) is 0 Å². The number of likely N-dealkylation sites (tertiary alicyclic amines) is 1. The maximum Gasteiger partial charge on any atom is 0.255 e. The molecule has 0 saturated carbocycles. The van der Waals surface area contributed by atoms with Crippen molar-refractivity contribution in [3.63, 3.8) is 0 Å². The van der Waals surface area contributed by atoms with Gasteiger partial charge in [0.1, 0.15) is 11.7 Å². The molecule has 0 aromatic heterocycles. The molecule has 3 amide bonds. The first-order valence-corrected chi connectivity index (χ1v) is 10.1. The first-order chi connectivity index (χ1) is 13.8. The number of fused-ring (bicyclic) bond motifs is 1. The second kappa shape index (κ2) is 8.82. The van der Waals surface area contributed by atoms with Crippen molar-refractivity contribution in [1.29, 1.82) is 0 Å². The number of nitrogens with zero attached hydrogens (tertiary/aromatic N) is 1. The summed E-state index contributed by atoms with van der Waals surface area (Å²) in [6, 6.07) is 5.11. The first kappa shape index (κ1) is 21.1. The molecular formula is C21H30N4O4. The fraction of sp³-hybridized carbons (Fsp3) is 0.571. The highest BCUT2D eigenvalue weighted by Crippen LogP contribution is 2.32. The third-order valence-corrected chi connectivity index (χ3v) is 5.68. The molecule has 0 aliphatic carbocycles. The van der Waals surface area contributed by atoms with E-state index in [1.165, 1.54) is 0 Å². The van der Waals surface area contributed by atoms with Gasteiger partial charge in [-0.25, -0.2) is 0 Å². The van der Waals surface area contributed by atoms with Gasteiger partial charge in [-0.05, 0) is 44.4 Å². The molecule has 29 heavy (non-hydrogen) atoms. The average Bonchev–Trinajstić information content (AvgIpc) is 2.83. The van der Waals surface area contributed by atoms with Crippen LogP contribution in [-0.4, -0.2) is 61.1 Å². The summed E-state index contributed by atoms with van der Waals surface area (Å²) in [5.74, 6) is -0.386. The molecule has 1 aromatic rings. The normalized spacial score (nSPS) is 22.4. The molecule has 2 heterocycles. The number of carbonyl (C=O) groups excluding carboxylic acids is 3. The predicted molar refractivity (Wildman–Crippen MR) is 110 cm³/mol. The van der Waals surface area contributed by atoms with Gasteiger partial charge >= 0.3 is 0 Å². The Kier molecular flexibility index (Phi) is 6.42. The van der Waals surface area contributed by atoms with Gasteiger partial charge in [0.2, 0.25) is 11.8 Å². The fourth-order valence-corrected chi connectivity index (χ4v) is 3.94. The van der Waals surface area contributed by atoms with Crippen molar-refractivity contribution < 1.29 is 19.1 Å². The Morgan fingerprint density at radius 3 is 2.86 bits per heavy atom. The zero-order valence-corrected chi connectivity index (χ0v) is 17.3. The van der Waals surface area contributed by atoms with E-state index in [1.807, 2.05) is 25.1 Å². The second-order valence-corrected chi connectivity index (χ2v) is 7.86. The number of ether oxygens (including phenoxy) is 1. The van der Waals surface area contributed by atoms with Crippen LogP contribution in [0.3, 0.4) is 0 Å². The molecule has 158 valence electrons. The van der Waals surface area contributed by atoms with Crippen molar-refractivity contribution >= 4 is 23.4 Å². The molecule has 2 atom stereocenters. The third kappa shape index (κ3) is 4.70. The van der Waals surface area contributed by atoms with Crippen molar-refractivity contribution in [1.82, 2.24) is 15.5 Å². The van der Waals surface area contributed by atoms with E-state index in [9.17, 15) is 14.4 Å². The van der Waals surface area contributed by atoms with Gasteiger partial charge in [0, 0.05) is 45.3 Å². The summed E-state index contributed by atoms with van der Waals surface area (Å²) in [4.78, 5) is 39.4. The SMILES string of the molecule is COCCCNC(=O)C(C)N1CCC2(CCC1=O)NC(=O)c1ccc(C)cc1N2. The van der Waals surface area contributed by atoms with Crippen molar-refractivity contribution in [2.75, 3.05) is 32.1 Å². The van der Waals surface area contributed by atoms with Crippen LogP contribution in [0, 0.1) is 6.92 Å². The molecule has 1 fully saturated rings. The fourth-order valence-electron chi connectivity index (χ4n) is 3.94. The standard InChI is InChI=1S/C21H30N4O4/c1-14-5-6-16-17(13-14)23-21(24-20(16)28)8-7-18(26)25(11-9-21)15(2)19(27)22-10-4-12-29-3/h5-6,13,15,23H,4,7-12H2,1-3H3,(H,22,27)(H,24,28). The van der Waals surface area contributed by atoms with Crippen LogP contribution in [0.2, 0.25) is 0 Å². The molecule has 2 aliphatic heterocycles. The average molecular weight is 402 g/mol. The molecule has 8 heteroatoms. The Bertz CT molecular complexity index is 797. The summed E-state index contributed by atoms with van der Waals surface area (Å²) in [6.45, 7) is 5.20. The minimum Gasteiger partial charge on any atom is -0.385 e. The summed E-state index contributed by atoms with van der Waals surface area (Å²) in [6.07, 6.45) is 1.99. The first-order valence-electron chi connectivity index (χ1n) is 10.1. The highest BCUT2D eigenvalue weighted by molar-refractivity contribution is 6.02. The largest absolute Gasteiger partial charge is 0.385 e. The summed E-state index contributed by atoms with van der Waals surface area (Å²) in [5.41, 5.74) is 1.78. The second-order valence-electron chi connectivity index (χ2n) is 7.86. The topological polar surface area (TPSA) is 99.8 Å². The van der Waals surface area contributed by atoms with Crippen LogP contribution in [0.15, 0.2) is 18.2 Å². The number of anilines is 1. The molecule has 8 nitrogen and oxygen atoms in total. The number of hydrogen-bond donors (Lipinski definition) is 3. The van der Waals surface area contributed by atoms with Crippen molar-refractivity contribution in [2.24, 2.45) is 0 Å². The minimum atomic E-state index is -0.684. The van der Waals surface area contributed by atoms with Crippen LogP contribution in [0.4, 0.5) is 5.69 Å². The number of rotatable bonds is 6. The van der Waals surface area contributed by atoms with Crippen molar-refractivity contribution in [3.05, 3.63) is 29.3 Å². The smallest absolute Gasteiger partial charge is 0.255 e. The maximum absolute atomic E-state index is 12.7. The lowest BCUT2D eigenvalue weighted by Gasteiger charge is -2.40. The summed E-state index contributed by atoms with van der Waals surface area (Å²) >= 11 is 0. The van der Waals surface area contributed by atoms with Crippen molar-refractivity contribution in [3.8, 4) is 0 Å². The molecule has 1 aromatic carbocycles. The number of amides is 3. The van der Waals surface area contributed by atoms with E-state index >= 15 is 0 Å². The zero-order chi connectivity index (χ0) is 21.0. The number of benzene rings is 1. The molecule has 2 unspecified atom stereocenters. The van der Waals surface area contributed by atoms with Gasteiger partial charge in [0.25, 0.3) is 5.91 Å². The third-order valence-electron chi connectivity index (χ3n) is 5.68. The van der Waals surface area contributed by atoms with E-state index in [4.69, 9.17) is 4.74 Å². The lowest BCUT2D eigenvalue weighted by molar-refractivity contribution is -0.139. The molecule has 3 rings (SSSR count). The quantitative estimate of drug-likeness (QED) is 0.625. The molecule has 1 saturated heterocycles. The summed E-state index contributed by atoms with van der Waals surface area (Å²) in [5, 5.41) is 9.37. The van der Waals surface area contributed by atoms with E-state index in [0.717, 1.165) is 17.7 Å².